The van der Waals surface area contributed by atoms with E-state index in [0.29, 0.717) is 30.9 Å². The van der Waals surface area contributed by atoms with Crippen molar-refractivity contribution in [3.05, 3.63) is 34.9 Å². The number of amides is 2. The number of aromatic nitrogens is 3. The second-order valence-corrected chi connectivity index (χ2v) is 18.5. The maximum atomic E-state index is 17.3. The Kier molecular flexibility index (Phi) is 9.52. The van der Waals surface area contributed by atoms with E-state index in [-0.39, 0.29) is 66.7 Å². The van der Waals surface area contributed by atoms with Crippen molar-refractivity contribution >= 4 is 67.2 Å². The number of nitrogens with one attached hydrogen (secondary N) is 1. The van der Waals surface area contributed by atoms with Gasteiger partial charge in [0, 0.05) is 29.6 Å². The first kappa shape index (κ1) is 37.8. The van der Waals surface area contributed by atoms with Crippen molar-refractivity contribution in [3.63, 3.8) is 0 Å². The van der Waals surface area contributed by atoms with Crippen molar-refractivity contribution in [2.45, 2.75) is 109 Å². The fourth-order valence-corrected chi connectivity index (χ4v) is 9.86. The van der Waals surface area contributed by atoms with E-state index in [0.717, 1.165) is 63.0 Å². The van der Waals surface area contributed by atoms with Crippen molar-refractivity contribution in [1.82, 2.24) is 24.8 Å². The first-order valence-electron chi connectivity index (χ1n) is 18.9. The lowest BCUT2D eigenvalue weighted by Gasteiger charge is -2.42. The molecule has 6 heterocycles. The molecule has 294 valence electrons. The molecule has 2 atom stereocenters. The van der Waals surface area contributed by atoms with Gasteiger partial charge in [-0.15, -0.1) is 0 Å². The maximum absolute atomic E-state index is 17.3. The number of hydrogen-bond donors (Lipinski definition) is 1. The molecule has 4 fully saturated rings. The summed E-state index contributed by atoms with van der Waals surface area (Å²) in [4.78, 5) is 46.3. The third-order valence-electron chi connectivity index (χ3n) is 10.9. The molecule has 0 saturated carbocycles. The van der Waals surface area contributed by atoms with Crippen LogP contribution in [0.5, 0.6) is 6.01 Å². The number of nitrogens with zero attached hydrogens (tertiary/aromatic N) is 6. The van der Waals surface area contributed by atoms with E-state index in [1.807, 2.05) is 25.7 Å². The van der Waals surface area contributed by atoms with Gasteiger partial charge in [0.25, 0.3) is 0 Å². The van der Waals surface area contributed by atoms with Gasteiger partial charge in [0.1, 0.15) is 35.0 Å². The summed E-state index contributed by atoms with van der Waals surface area (Å²) in [5.74, 6) is -0.865. The maximum Gasteiger partial charge on any atom is 0.413 e. The molecule has 0 spiro atoms. The number of fused-ring (bicyclic) bond motifs is 5. The Morgan fingerprint density at radius 1 is 0.964 bits per heavy atom. The number of ether oxygens (including phenoxy) is 3. The molecule has 0 aliphatic carbocycles. The number of carbonyl (C=O) groups excluding carboxylic acids is 2. The van der Waals surface area contributed by atoms with Gasteiger partial charge < -0.3 is 19.1 Å². The highest BCUT2D eigenvalue weighted by Gasteiger charge is 2.47. The molecule has 4 aliphatic heterocycles. The van der Waals surface area contributed by atoms with Crippen LogP contribution in [0.25, 0.3) is 32.2 Å². The van der Waals surface area contributed by atoms with E-state index >= 15 is 8.78 Å². The highest BCUT2D eigenvalue weighted by atomic mass is 35.5. The molecule has 4 saturated heterocycles. The first-order valence-corrected chi connectivity index (χ1v) is 20.1. The van der Waals surface area contributed by atoms with Gasteiger partial charge in [0.05, 0.1) is 32.9 Å². The third kappa shape index (κ3) is 7.23. The van der Waals surface area contributed by atoms with Crippen LogP contribution < -0.4 is 15.0 Å². The average Bonchev–Trinajstić information content (AvgIpc) is 3.85. The number of halogens is 3. The highest BCUT2D eigenvalue weighted by Crippen LogP contribution is 2.45. The van der Waals surface area contributed by atoms with Crippen LogP contribution >= 0.6 is 22.9 Å². The molecule has 4 aliphatic rings. The molecule has 2 aromatic heterocycles. The van der Waals surface area contributed by atoms with E-state index in [1.54, 1.807) is 26.8 Å². The van der Waals surface area contributed by atoms with Gasteiger partial charge in [0.2, 0.25) is 0 Å². The van der Waals surface area contributed by atoms with Gasteiger partial charge in [-0.25, -0.2) is 23.4 Å². The van der Waals surface area contributed by atoms with Crippen LogP contribution in [-0.2, 0) is 9.47 Å². The van der Waals surface area contributed by atoms with E-state index in [1.165, 1.54) is 12.1 Å². The van der Waals surface area contributed by atoms with E-state index in [4.69, 9.17) is 30.8 Å². The first-order chi connectivity index (χ1) is 26.0. The summed E-state index contributed by atoms with van der Waals surface area (Å²) in [6.07, 6.45) is 4.69. The normalized spacial score (nSPS) is 21.0. The number of rotatable bonds is 6. The second-order valence-electron chi connectivity index (χ2n) is 17.1. The van der Waals surface area contributed by atoms with Crippen LogP contribution in [0.4, 0.5) is 29.3 Å². The summed E-state index contributed by atoms with van der Waals surface area (Å²) >= 11 is 7.88. The van der Waals surface area contributed by atoms with Crippen LogP contribution in [0, 0.1) is 11.6 Å². The summed E-state index contributed by atoms with van der Waals surface area (Å²) < 4.78 is 50.2. The second kappa shape index (κ2) is 13.8. The molecule has 2 aromatic carbocycles. The van der Waals surface area contributed by atoms with Crippen molar-refractivity contribution in [3.8, 4) is 17.1 Å². The topological polar surface area (TPSA) is 122 Å². The number of anilines is 2. The van der Waals surface area contributed by atoms with Crippen LogP contribution in [0.2, 0.25) is 5.02 Å². The van der Waals surface area contributed by atoms with Crippen LogP contribution in [0.1, 0.15) is 80.1 Å². The van der Waals surface area contributed by atoms with Crippen LogP contribution in [0.15, 0.2) is 18.2 Å². The Labute approximate surface area is 327 Å². The largest absolute Gasteiger partial charge is 0.461 e. The Hall–Kier alpha value is -4.08. The molecule has 55 heavy (non-hydrogen) atoms. The predicted octanol–water partition coefficient (Wildman–Crippen LogP) is 8.78. The van der Waals surface area contributed by atoms with Crippen molar-refractivity contribution < 1.29 is 32.6 Å². The highest BCUT2D eigenvalue weighted by molar-refractivity contribution is 7.22. The van der Waals surface area contributed by atoms with Gasteiger partial charge in [0.15, 0.2) is 10.9 Å². The zero-order valence-corrected chi connectivity index (χ0v) is 33.5. The van der Waals surface area contributed by atoms with Crippen molar-refractivity contribution in [2.75, 3.05) is 43.0 Å². The van der Waals surface area contributed by atoms with E-state index in [2.05, 4.69) is 25.1 Å². The van der Waals surface area contributed by atoms with Gasteiger partial charge in [-0.1, -0.05) is 22.9 Å². The van der Waals surface area contributed by atoms with Crippen LogP contribution in [0.3, 0.4) is 0 Å². The summed E-state index contributed by atoms with van der Waals surface area (Å²) in [6.45, 7) is 14.1. The van der Waals surface area contributed by atoms with Crippen molar-refractivity contribution in [2.24, 2.45) is 0 Å². The molecule has 8 rings (SSSR count). The fraction of sp³-hybridized carbons (Fsp3) is 0.564. The minimum absolute atomic E-state index is 0.00618. The minimum atomic E-state index is -0.763. The lowest BCUT2D eigenvalue weighted by Crippen LogP contribution is -2.57. The molecule has 4 aromatic rings. The number of benzene rings is 2. The predicted molar refractivity (Wildman–Crippen MR) is 208 cm³/mol. The molecule has 0 radical (unpaired) electrons. The summed E-state index contributed by atoms with van der Waals surface area (Å²) in [5.41, 5.74) is -1.17. The summed E-state index contributed by atoms with van der Waals surface area (Å²) in [6, 6.07) is 4.06. The van der Waals surface area contributed by atoms with Gasteiger partial charge in [-0.05, 0) is 111 Å². The minimum Gasteiger partial charge on any atom is -0.461 e. The quantitative estimate of drug-likeness (QED) is 0.203. The molecule has 1 N–H and O–H groups in total. The molecule has 16 heteroatoms. The van der Waals surface area contributed by atoms with Gasteiger partial charge in [-0.2, -0.15) is 9.97 Å². The zero-order valence-electron chi connectivity index (χ0n) is 31.9. The molecule has 2 bridgehead atoms. The summed E-state index contributed by atoms with van der Waals surface area (Å²) in [7, 11) is 0. The standard InChI is InChI=1S/C39H46ClF2N7O5S/c1-37(2,3)53-35(50)46-34-44-30-23(11-12-26(41)31(30)55-34)27-25(40)17-24-29(28(27)42)43-33(52-20-39-13-7-15-48(39)16-8-14-39)45-32(24)47-18-21-9-10-22(19-47)49(21)36(51)54-38(4,5)6/h11-12,17,21-22H,7-10,13-16,18-20H2,1-6H3,(H,44,46,50). The van der Waals surface area contributed by atoms with Crippen molar-refractivity contribution in [1.29, 1.82) is 0 Å². The summed E-state index contributed by atoms with van der Waals surface area (Å²) in [5, 5.41) is 3.08. The number of hydrogen-bond acceptors (Lipinski definition) is 11. The molecule has 2 unspecified atom stereocenters. The number of thiazole rings is 1. The number of piperazine rings is 1. The van der Waals surface area contributed by atoms with Crippen LogP contribution in [-0.4, -0.2) is 98.5 Å². The lowest BCUT2D eigenvalue weighted by molar-refractivity contribution is 0.0122. The molecule has 12 nitrogen and oxygen atoms in total. The SMILES string of the molecule is CC(C)(C)OC(=O)Nc1nc2c(-c3c(Cl)cc4c(N5CC6CCC(C5)N6C(=O)OC(C)(C)C)nc(OCC56CCCN5CCC6)nc4c3F)ccc(F)c2s1. The van der Waals surface area contributed by atoms with Gasteiger partial charge in [-0.3, -0.25) is 15.1 Å². The third-order valence-corrected chi connectivity index (χ3v) is 12.2. The van der Waals surface area contributed by atoms with E-state index < -0.39 is 28.9 Å². The Bertz CT molecular complexity index is 2170. The Morgan fingerprint density at radius 3 is 2.29 bits per heavy atom. The zero-order chi connectivity index (χ0) is 39.0. The number of carbonyl (C=O) groups is 2. The molecule has 2 amide bonds. The van der Waals surface area contributed by atoms with E-state index in [9.17, 15) is 9.59 Å². The Balaban J connectivity index is 1.20. The Morgan fingerprint density at radius 2 is 1.64 bits per heavy atom. The average molecular weight is 798 g/mol. The molecular formula is C39H46ClF2N7O5S. The lowest BCUT2D eigenvalue weighted by atomic mass is 9.95. The fourth-order valence-electron chi connectivity index (χ4n) is 8.68. The van der Waals surface area contributed by atoms with Gasteiger partial charge >= 0.3 is 18.2 Å². The molecular weight excluding hydrogens is 752 g/mol. The smallest absolute Gasteiger partial charge is 0.413 e. The monoisotopic (exact) mass is 797 g/mol.